The summed E-state index contributed by atoms with van der Waals surface area (Å²) in [6.45, 7) is 1.90. The monoisotopic (exact) mass is 300 g/mol. The fourth-order valence-corrected chi connectivity index (χ4v) is 3.33. The molecule has 0 aliphatic carbocycles. The minimum absolute atomic E-state index is 0.0534. The quantitative estimate of drug-likeness (QED) is 0.661. The number of methoxy groups -OCH3 is 1. The molecule has 0 aliphatic rings. The molecule has 1 heterocycles. The molecule has 0 bridgehead atoms. The number of hydrogen-bond acceptors (Lipinski definition) is 3. The van der Waals surface area contributed by atoms with Gasteiger partial charge >= 0.3 is 0 Å². The summed E-state index contributed by atoms with van der Waals surface area (Å²) >= 11 is 1.31. The number of halogens is 1. The molecule has 3 rings (SSSR count). The lowest BCUT2D eigenvalue weighted by molar-refractivity contribution is 0.104. The van der Waals surface area contributed by atoms with Crippen LogP contribution in [0.25, 0.3) is 10.1 Å². The van der Waals surface area contributed by atoms with Gasteiger partial charge in [0.1, 0.15) is 11.6 Å². The molecule has 3 aromatic rings. The van der Waals surface area contributed by atoms with E-state index in [1.807, 2.05) is 13.0 Å². The van der Waals surface area contributed by atoms with Gasteiger partial charge in [0.05, 0.1) is 12.0 Å². The molecule has 1 aromatic heterocycles. The van der Waals surface area contributed by atoms with E-state index in [9.17, 15) is 9.18 Å². The van der Waals surface area contributed by atoms with Crippen molar-refractivity contribution in [3.63, 3.8) is 0 Å². The van der Waals surface area contributed by atoms with Crippen molar-refractivity contribution >= 4 is 27.2 Å². The molecule has 0 amide bonds. The molecule has 0 atom stereocenters. The van der Waals surface area contributed by atoms with Crippen molar-refractivity contribution < 1.29 is 13.9 Å². The molecule has 0 fully saturated rings. The molecule has 21 heavy (non-hydrogen) atoms. The summed E-state index contributed by atoms with van der Waals surface area (Å²) in [6.07, 6.45) is 0. The number of carbonyl (C=O) groups is 1. The fourth-order valence-electron chi connectivity index (χ4n) is 2.28. The van der Waals surface area contributed by atoms with Crippen LogP contribution in [0.4, 0.5) is 4.39 Å². The number of carbonyl (C=O) groups excluding carboxylic acids is 1. The third kappa shape index (κ3) is 2.54. The van der Waals surface area contributed by atoms with Gasteiger partial charge in [-0.15, -0.1) is 11.3 Å². The Kier molecular flexibility index (Phi) is 3.47. The maximum Gasteiger partial charge on any atom is 0.202 e. The maximum atomic E-state index is 13.2. The topological polar surface area (TPSA) is 26.3 Å². The third-order valence-corrected chi connectivity index (χ3v) is 4.46. The summed E-state index contributed by atoms with van der Waals surface area (Å²) in [5, 5.41) is 0.884. The molecule has 0 N–H and O–H groups in total. The van der Waals surface area contributed by atoms with E-state index >= 15 is 0 Å². The van der Waals surface area contributed by atoms with E-state index in [1.54, 1.807) is 31.4 Å². The van der Waals surface area contributed by atoms with Crippen molar-refractivity contribution in [3.8, 4) is 5.75 Å². The number of ketones is 1. The van der Waals surface area contributed by atoms with Crippen molar-refractivity contribution in [1.82, 2.24) is 0 Å². The highest BCUT2D eigenvalue weighted by Crippen LogP contribution is 2.29. The van der Waals surface area contributed by atoms with Gasteiger partial charge in [-0.3, -0.25) is 4.79 Å². The van der Waals surface area contributed by atoms with Crippen LogP contribution in [0.15, 0.2) is 42.5 Å². The van der Waals surface area contributed by atoms with E-state index in [2.05, 4.69) is 0 Å². The summed E-state index contributed by atoms with van der Waals surface area (Å²) in [5.74, 6) is 0.413. The van der Waals surface area contributed by atoms with Crippen LogP contribution in [0.3, 0.4) is 0 Å². The molecule has 2 aromatic carbocycles. The number of rotatable bonds is 3. The number of hydrogen-bond donors (Lipinski definition) is 0. The summed E-state index contributed by atoms with van der Waals surface area (Å²) in [7, 11) is 1.60. The van der Waals surface area contributed by atoms with E-state index in [4.69, 9.17) is 4.74 Å². The second kappa shape index (κ2) is 5.30. The predicted molar refractivity (Wildman–Crippen MR) is 82.9 cm³/mol. The number of ether oxygens (including phenoxy) is 1. The fraction of sp³-hybridized carbons (Fsp3) is 0.118. The van der Waals surface area contributed by atoms with E-state index in [0.29, 0.717) is 10.4 Å². The zero-order valence-electron chi connectivity index (χ0n) is 11.6. The first-order valence-corrected chi connectivity index (χ1v) is 7.28. The van der Waals surface area contributed by atoms with E-state index in [0.717, 1.165) is 21.4 Å². The maximum absolute atomic E-state index is 13.2. The lowest BCUT2D eigenvalue weighted by Gasteiger charge is -2.05. The molecular weight excluding hydrogens is 287 g/mol. The third-order valence-electron chi connectivity index (χ3n) is 3.36. The average molecular weight is 300 g/mol. The van der Waals surface area contributed by atoms with Crippen LogP contribution in [-0.4, -0.2) is 12.9 Å². The van der Waals surface area contributed by atoms with Crippen LogP contribution in [0.5, 0.6) is 5.75 Å². The van der Waals surface area contributed by atoms with Gasteiger partial charge < -0.3 is 4.74 Å². The summed E-state index contributed by atoms with van der Waals surface area (Å²) in [5.41, 5.74) is 1.52. The SMILES string of the molecule is COc1ccc(C(=O)c2cc3ccc(F)cc3s2)cc1C. The number of aryl methyl sites for hydroxylation is 1. The number of benzene rings is 2. The Balaban J connectivity index is 2.01. The van der Waals surface area contributed by atoms with Gasteiger partial charge in [0.25, 0.3) is 0 Å². The largest absolute Gasteiger partial charge is 0.496 e. The molecular formula is C17H13FO2S. The van der Waals surface area contributed by atoms with Crippen LogP contribution < -0.4 is 4.74 Å². The Labute approximate surface area is 125 Å². The second-order valence-electron chi connectivity index (χ2n) is 4.81. The highest BCUT2D eigenvalue weighted by molar-refractivity contribution is 7.21. The van der Waals surface area contributed by atoms with Crippen molar-refractivity contribution in [2.75, 3.05) is 7.11 Å². The Morgan fingerprint density at radius 1 is 1.14 bits per heavy atom. The minimum Gasteiger partial charge on any atom is -0.496 e. The Morgan fingerprint density at radius 3 is 2.67 bits per heavy atom. The normalized spacial score (nSPS) is 10.8. The molecule has 2 nitrogen and oxygen atoms in total. The molecule has 106 valence electrons. The highest BCUT2D eigenvalue weighted by Gasteiger charge is 2.14. The van der Waals surface area contributed by atoms with Crippen LogP contribution in [0, 0.1) is 12.7 Å². The van der Waals surface area contributed by atoms with Crippen LogP contribution in [0.1, 0.15) is 20.8 Å². The Hall–Kier alpha value is -2.20. The first-order chi connectivity index (χ1) is 10.1. The minimum atomic E-state index is -0.288. The molecule has 4 heteroatoms. The Bertz CT molecular complexity index is 836. The predicted octanol–water partition coefficient (Wildman–Crippen LogP) is 4.59. The number of thiophene rings is 1. The van der Waals surface area contributed by atoms with Crippen molar-refractivity contribution in [3.05, 3.63) is 64.3 Å². The standard InChI is InChI=1S/C17H13FO2S/c1-10-7-12(4-6-14(10)20-2)17(19)16-8-11-3-5-13(18)9-15(11)21-16/h3-9H,1-2H3. The van der Waals surface area contributed by atoms with Crippen LogP contribution in [-0.2, 0) is 0 Å². The van der Waals surface area contributed by atoms with Gasteiger partial charge in [-0.25, -0.2) is 4.39 Å². The van der Waals surface area contributed by atoms with E-state index in [-0.39, 0.29) is 11.6 Å². The first kappa shape index (κ1) is 13.8. The molecule has 0 saturated carbocycles. The molecule has 0 spiro atoms. The summed E-state index contributed by atoms with van der Waals surface area (Å²) < 4.78 is 19.2. The smallest absolute Gasteiger partial charge is 0.202 e. The zero-order chi connectivity index (χ0) is 15.0. The van der Waals surface area contributed by atoms with Gasteiger partial charge in [0.2, 0.25) is 5.78 Å². The van der Waals surface area contributed by atoms with E-state index in [1.165, 1.54) is 23.5 Å². The first-order valence-electron chi connectivity index (χ1n) is 6.47. The molecule has 0 radical (unpaired) electrons. The van der Waals surface area contributed by atoms with Crippen molar-refractivity contribution in [1.29, 1.82) is 0 Å². The Morgan fingerprint density at radius 2 is 1.95 bits per heavy atom. The molecule has 0 unspecified atom stereocenters. The van der Waals surface area contributed by atoms with Gasteiger partial charge in [0, 0.05) is 10.3 Å². The van der Waals surface area contributed by atoms with Crippen molar-refractivity contribution in [2.45, 2.75) is 6.92 Å². The average Bonchev–Trinajstić information content (AvgIpc) is 2.89. The lowest BCUT2D eigenvalue weighted by Crippen LogP contribution is -1.99. The second-order valence-corrected chi connectivity index (χ2v) is 5.89. The van der Waals surface area contributed by atoms with Gasteiger partial charge in [-0.2, -0.15) is 0 Å². The molecule has 0 aliphatic heterocycles. The zero-order valence-corrected chi connectivity index (χ0v) is 12.5. The van der Waals surface area contributed by atoms with Crippen molar-refractivity contribution in [2.24, 2.45) is 0 Å². The number of fused-ring (bicyclic) bond motifs is 1. The van der Waals surface area contributed by atoms with E-state index < -0.39 is 0 Å². The summed E-state index contributed by atoms with van der Waals surface area (Å²) in [4.78, 5) is 13.1. The summed E-state index contributed by atoms with van der Waals surface area (Å²) in [6, 6.07) is 11.7. The molecule has 0 saturated heterocycles. The lowest BCUT2D eigenvalue weighted by atomic mass is 10.1. The highest BCUT2D eigenvalue weighted by atomic mass is 32.1. The van der Waals surface area contributed by atoms with Gasteiger partial charge in [0.15, 0.2) is 0 Å². The van der Waals surface area contributed by atoms with Crippen LogP contribution in [0.2, 0.25) is 0 Å². The van der Waals surface area contributed by atoms with Gasteiger partial charge in [-0.05, 0) is 54.3 Å². The van der Waals surface area contributed by atoms with Gasteiger partial charge in [-0.1, -0.05) is 6.07 Å². The van der Waals surface area contributed by atoms with Crippen LogP contribution >= 0.6 is 11.3 Å².